The summed E-state index contributed by atoms with van der Waals surface area (Å²) in [5.41, 5.74) is 6.37. The summed E-state index contributed by atoms with van der Waals surface area (Å²) in [4.78, 5) is 4.87. The third-order valence-electron chi connectivity index (χ3n) is 3.42. The van der Waals surface area contributed by atoms with Gasteiger partial charge in [-0.25, -0.2) is 8.42 Å². The third kappa shape index (κ3) is 3.46. The molecule has 1 fully saturated rings. The quantitative estimate of drug-likeness (QED) is 0.853. The highest BCUT2D eigenvalue weighted by Gasteiger charge is 2.21. The Balaban J connectivity index is 2.16. The molecule has 2 N–H and O–H groups in total. The zero-order chi connectivity index (χ0) is 13.9. The second kappa shape index (κ2) is 5.90. The van der Waals surface area contributed by atoms with Gasteiger partial charge in [0, 0.05) is 45.5 Å². The van der Waals surface area contributed by atoms with Crippen LogP contribution in [-0.2, 0) is 9.84 Å². The lowest BCUT2D eigenvalue weighted by atomic mass is 10.2. The van der Waals surface area contributed by atoms with Gasteiger partial charge in [0.2, 0.25) is 0 Å². The normalized spacial score (nSPS) is 17.7. The summed E-state index contributed by atoms with van der Waals surface area (Å²) in [6.07, 6.45) is 1.26. The molecule has 0 bridgehead atoms. The number of nitrogens with zero attached hydrogens (tertiary/aromatic N) is 2. The first-order valence-electron chi connectivity index (χ1n) is 6.49. The molecule has 1 aliphatic heterocycles. The van der Waals surface area contributed by atoms with Crippen LogP contribution in [0.5, 0.6) is 0 Å². The number of nitrogens with two attached hydrogens (primary N) is 1. The minimum absolute atomic E-state index is 0.419. The Morgan fingerprint density at radius 2 is 1.79 bits per heavy atom. The van der Waals surface area contributed by atoms with Crippen LogP contribution >= 0.6 is 0 Å². The first kappa shape index (κ1) is 14.3. The van der Waals surface area contributed by atoms with E-state index in [2.05, 4.69) is 9.80 Å². The third-order valence-corrected chi connectivity index (χ3v) is 4.57. The maximum atomic E-state index is 11.8. The Hall–Kier alpha value is -1.11. The van der Waals surface area contributed by atoms with Crippen LogP contribution in [0.3, 0.4) is 0 Å². The molecular weight excluding hydrogens is 262 g/mol. The Morgan fingerprint density at radius 1 is 1.16 bits per heavy atom. The molecule has 0 aliphatic carbocycles. The van der Waals surface area contributed by atoms with Gasteiger partial charge in [-0.15, -0.1) is 0 Å². The van der Waals surface area contributed by atoms with Gasteiger partial charge in [-0.1, -0.05) is 12.1 Å². The predicted octanol–water partition coefficient (Wildman–Crippen LogP) is 0.171. The van der Waals surface area contributed by atoms with E-state index in [4.69, 9.17) is 5.73 Å². The Kier molecular flexibility index (Phi) is 4.44. The lowest BCUT2D eigenvalue weighted by Gasteiger charge is -2.36. The first-order valence-corrected chi connectivity index (χ1v) is 8.38. The summed E-state index contributed by atoms with van der Waals surface area (Å²) in [7, 11) is -3.18. The van der Waals surface area contributed by atoms with Crippen molar-refractivity contribution in [3.63, 3.8) is 0 Å². The number of hydrogen-bond acceptors (Lipinski definition) is 5. The molecule has 0 aromatic heterocycles. The average Bonchev–Trinajstić information content (AvgIpc) is 2.39. The number of piperazine rings is 1. The van der Waals surface area contributed by atoms with Crippen LogP contribution in [0.25, 0.3) is 0 Å². The van der Waals surface area contributed by atoms with E-state index in [9.17, 15) is 8.42 Å². The largest absolute Gasteiger partial charge is 0.368 e. The van der Waals surface area contributed by atoms with Crippen LogP contribution in [0, 0.1) is 0 Å². The summed E-state index contributed by atoms with van der Waals surface area (Å²) in [5, 5.41) is 0. The average molecular weight is 283 g/mol. The van der Waals surface area contributed by atoms with E-state index in [1.54, 1.807) is 12.1 Å². The molecule has 1 aromatic carbocycles. The highest BCUT2D eigenvalue weighted by atomic mass is 32.2. The van der Waals surface area contributed by atoms with Crippen LogP contribution in [-0.4, -0.2) is 58.8 Å². The molecule has 0 unspecified atom stereocenters. The molecule has 0 atom stereocenters. The van der Waals surface area contributed by atoms with Gasteiger partial charge in [0.05, 0.1) is 10.6 Å². The summed E-state index contributed by atoms with van der Waals surface area (Å²) in [6, 6.07) is 7.22. The first-order chi connectivity index (χ1) is 9.02. The summed E-state index contributed by atoms with van der Waals surface area (Å²) in [5.74, 6) is 0. The SMILES string of the molecule is CS(=O)(=O)c1ccccc1N1CCN(CCN)CC1. The smallest absolute Gasteiger partial charge is 0.177 e. The molecule has 19 heavy (non-hydrogen) atoms. The van der Waals surface area contributed by atoms with E-state index in [-0.39, 0.29) is 0 Å². The summed E-state index contributed by atoms with van der Waals surface area (Å²) >= 11 is 0. The van der Waals surface area contributed by atoms with Crippen molar-refractivity contribution < 1.29 is 8.42 Å². The summed E-state index contributed by atoms with van der Waals surface area (Å²) in [6.45, 7) is 5.10. The minimum Gasteiger partial charge on any atom is -0.368 e. The van der Waals surface area contributed by atoms with Crippen molar-refractivity contribution in [1.82, 2.24) is 4.90 Å². The molecule has 6 heteroatoms. The van der Waals surface area contributed by atoms with Crippen molar-refractivity contribution in [1.29, 1.82) is 0 Å². The van der Waals surface area contributed by atoms with E-state index in [1.165, 1.54) is 6.26 Å². The fourth-order valence-corrected chi connectivity index (χ4v) is 3.33. The van der Waals surface area contributed by atoms with Crippen LogP contribution in [0.1, 0.15) is 0 Å². The molecular formula is C13H21N3O2S. The molecule has 1 saturated heterocycles. The maximum Gasteiger partial charge on any atom is 0.177 e. The molecule has 1 aromatic rings. The molecule has 2 rings (SSSR count). The van der Waals surface area contributed by atoms with Gasteiger partial charge in [0.25, 0.3) is 0 Å². The molecule has 1 heterocycles. The van der Waals surface area contributed by atoms with Gasteiger partial charge in [-0.05, 0) is 12.1 Å². The molecule has 0 spiro atoms. The zero-order valence-corrected chi connectivity index (χ0v) is 12.1. The van der Waals surface area contributed by atoms with E-state index < -0.39 is 9.84 Å². The predicted molar refractivity (Wildman–Crippen MR) is 77.3 cm³/mol. The van der Waals surface area contributed by atoms with Crippen molar-refractivity contribution in [3.8, 4) is 0 Å². The van der Waals surface area contributed by atoms with Gasteiger partial charge < -0.3 is 10.6 Å². The van der Waals surface area contributed by atoms with Crippen molar-refractivity contribution in [2.45, 2.75) is 4.90 Å². The maximum absolute atomic E-state index is 11.8. The van der Waals surface area contributed by atoms with Gasteiger partial charge in [-0.3, -0.25) is 4.90 Å². The van der Waals surface area contributed by atoms with Gasteiger partial charge in [0.1, 0.15) is 0 Å². The number of hydrogen-bond donors (Lipinski definition) is 1. The van der Waals surface area contributed by atoms with Crippen LogP contribution in [0.15, 0.2) is 29.2 Å². The molecule has 0 saturated carbocycles. The highest BCUT2D eigenvalue weighted by Crippen LogP contribution is 2.25. The van der Waals surface area contributed by atoms with Crippen LogP contribution < -0.4 is 10.6 Å². The lowest BCUT2D eigenvalue weighted by molar-refractivity contribution is 0.264. The fourth-order valence-electron chi connectivity index (χ4n) is 2.43. The molecule has 0 amide bonds. The molecule has 0 radical (unpaired) electrons. The standard InChI is InChI=1S/C13H21N3O2S/c1-19(17,18)13-5-3-2-4-12(13)16-10-8-15(7-6-14)9-11-16/h2-5H,6-11,14H2,1H3. The summed E-state index contributed by atoms with van der Waals surface area (Å²) < 4.78 is 23.6. The Bertz CT molecular complexity index is 522. The van der Waals surface area contributed by atoms with Crippen molar-refractivity contribution in [2.75, 3.05) is 50.4 Å². The second-order valence-electron chi connectivity index (χ2n) is 4.86. The van der Waals surface area contributed by atoms with Crippen molar-refractivity contribution >= 4 is 15.5 Å². The number of sulfone groups is 1. The Labute approximate surface area is 114 Å². The van der Waals surface area contributed by atoms with Gasteiger partial charge in [-0.2, -0.15) is 0 Å². The molecule has 5 nitrogen and oxygen atoms in total. The van der Waals surface area contributed by atoms with Crippen molar-refractivity contribution in [2.24, 2.45) is 5.73 Å². The van der Waals surface area contributed by atoms with E-state index >= 15 is 0 Å². The number of benzene rings is 1. The van der Waals surface area contributed by atoms with Gasteiger partial charge in [0.15, 0.2) is 9.84 Å². The zero-order valence-electron chi connectivity index (χ0n) is 11.2. The lowest BCUT2D eigenvalue weighted by Crippen LogP contribution is -2.48. The van der Waals surface area contributed by atoms with E-state index in [0.29, 0.717) is 11.4 Å². The highest BCUT2D eigenvalue weighted by molar-refractivity contribution is 7.90. The minimum atomic E-state index is -3.18. The van der Waals surface area contributed by atoms with Gasteiger partial charge >= 0.3 is 0 Å². The number of para-hydroxylation sites is 1. The second-order valence-corrected chi connectivity index (χ2v) is 6.84. The molecule has 1 aliphatic rings. The number of anilines is 1. The fraction of sp³-hybridized carbons (Fsp3) is 0.538. The Morgan fingerprint density at radius 3 is 2.37 bits per heavy atom. The topological polar surface area (TPSA) is 66.6 Å². The van der Waals surface area contributed by atoms with Crippen molar-refractivity contribution in [3.05, 3.63) is 24.3 Å². The van der Waals surface area contributed by atoms with E-state index in [0.717, 1.165) is 38.4 Å². The number of rotatable bonds is 4. The monoisotopic (exact) mass is 283 g/mol. The van der Waals surface area contributed by atoms with Crippen LogP contribution in [0.2, 0.25) is 0 Å². The molecule has 106 valence electrons. The van der Waals surface area contributed by atoms with E-state index in [1.807, 2.05) is 12.1 Å². The van der Waals surface area contributed by atoms with Crippen LogP contribution in [0.4, 0.5) is 5.69 Å².